The summed E-state index contributed by atoms with van der Waals surface area (Å²) in [5.41, 5.74) is 0.238. The van der Waals surface area contributed by atoms with E-state index in [1.54, 1.807) is 0 Å². The third-order valence-corrected chi connectivity index (χ3v) is 2.37. The van der Waals surface area contributed by atoms with E-state index in [0.717, 1.165) is 12.1 Å². The van der Waals surface area contributed by atoms with Gasteiger partial charge in [-0.05, 0) is 12.1 Å². The molecule has 0 aliphatic rings. The molecule has 0 spiro atoms. The number of nitrogens with one attached hydrogen (secondary N) is 3. The molecule has 0 saturated heterocycles. The van der Waals surface area contributed by atoms with Crippen molar-refractivity contribution in [1.29, 1.82) is 0 Å². The Bertz CT molecular complexity index is 537. The molecule has 10 heteroatoms. The van der Waals surface area contributed by atoms with Gasteiger partial charge in [0.25, 0.3) is 0 Å². The van der Waals surface area contributed by atoms with Crippen LogP contribution in [0.5, 0.6) is 5.75 Å². The summed E-state index contributed by atoms with van der Waals surface area (Å²) in [6, 6.07) is 4.30. The smallest absolute Gasteiger partial charge is 0.406 e. The Labute approximate surface area is 130 Å². The third-order valence-electron chi connectivity index (χ3n) is 2.37. The van der Waals surface area contributed by atoms with Gasteiger partial charge in [0, 0.05) is 25.4 Å². The molecule has 3 N–H and O–H groups in total. The number of alkyl halides is 3. The summed E-state index contributed by atoms with van der Waals surface area (Å²) in [7, 11) is 1.46. The summed E-state index contributed by atoms with van der Waals surface area (Å²) in [4.78, 5) is 22.8. The lowest BCUT2D eigenvalue weighted by atomic mass is 10.3. The standard InChI is InChI=1S/C13H16F3N3O4/c1-22-6-5-17-12(21)19-11(20)8-18-9-3-2-4-10(7-9)23-13(14,15)16/h2-4,7,18H,5-6,8H2,1H3,(H2,17,19,20,21). The first-order valence-electron chi connectivity index (χ1n) is 6.46. The summed E-state index contributed by atoms with van der Waals surface area (Å²) in [6.45, 7) is 0.235. The molecule has 0 radical (unpaired) electrons. The van der Waals surface area contributed by atoms with Crippen molar-refractivity contribution in [2.45, 2.75) is 6.36 Å². The van der Waals surface area contributed by atoms with Crippen LogP contribution in [0.2, 0.25) is 0 Å². The number of hydrogen-bond donors (Lipinski definition) is 3. The predicted octanol–water partition coefficient (Wildman–Crippen LogP) is 1.47. The van der Waals surface area contributed by atoms with E-state index in [4.69, 9.17) is 4.74 Å². The van der Waals surface area contributed by atoms with Crippen molar-refractivity contribution in [3.8, 4) is 5.75 Å². The minimum absolute atomic E-state index is 0.236. The van der Waals surface area contributed by atoms with E-state index < -0.39 is 24.1 Å². The molecule has 23 heavy (non-hydrogen) atoms. The van der Waals surface area contributed by atoms with Crippen molar-refractivity contribution < 1.29 is 32.2 Å². The number of imide groups is 1. The molecule has 0 aliphatic heterocycles. The zero-order chi connectivity index (χ0) is 17.3. The van der Waals surface area contributed by atoms with Gasteiger partial charge in [-0.2, -0.15) is 0 Å². The highest BCUT2D eigenvalue weighted by Gasteiger charge is 2.31. The number of ether oxygens (including phenoxy) is 2. The molecule has 0 aromatic heterocycles. The van der Waals surface area contributed by atoms with E-state index in [1.165, 1.54) is 19.2 Å². The highest BCUT2D eigenvalue weighted by Crippen LogP contribution is 2.24. The number of hydrogen-bond acceptors (Lipinski definition) is 5. The van der Waals surface area contributed by atoms with Gasteiger partial charge in [-0.1, -0.05) is 6.07 Å². The highest BCUT2D eigenvalue weighted by molar-refractivity contribution is 5.96. The molecule has 0 bridgehead atoms. The highest BCUT2D eigenvalue weighted by atomic mass is 19.4. The average molecular weight is 335 g/mol. The summed E-state index contributed by atoms with van der Waals surface area (Å²) >= 11 is 0. The van der Waals surface area contributed by atoms with E-state index in [9.17, 15) is 22.8 Å². The number of benzene rings is 1. The maximum absolute atomic E-state index is 12.1. The number of urea groups is 1. The number of carbonyl (C=O) groups is 2. The minimum atomic E-state index is -4.80. The molecule has 1 aromatic rings. The van der Waals surface area contributed by atoms with Crippen molar-refractivity contribution in [2.24, 2.45) is 0 Å². The Balaban J connectivity index is 2.41. The first-order chi connectivity index (χ1) is 10.8. The van der Waals surface area contributed by atoms with E-state index in [2.05, 4.69) is 15.4 Å². The van der Waals surface area contributed by atoms with Crippen LogP contribution in [0, 0.1) is 0 Å². The maximum Gasteiger partial charge on any atom is 0.573 e. The molecule has 0 unspecified atom stereocenters. The van der Waals surface area contributed by atoms with Gasteiger partial charge in [0.1, 0.15) is 5.75 Å². The van der Waals surface area contributed by atoms with Crippen molar-refractivity contribution in [1.82, 2.24) is 10.6 Å². The Morgan fingerprint density at radius 1 is 1.26 bits per heavy atom. The van der Waals surface area contributed by atoms with Gasteiger partial charge < -0.3 is 20.1 Å². The van der Waals surface area contributed by atoms with Crippen molar-refractivity contribution in [2.75, 3.05) is 32.1 Å². The molecule has 3 amide bonds. The molecule has 0 aliphatic carbocycles. The summed E-state index contributed by atoms with van der Waals surface area (Å²) < 4.78 is 44.8. The molecule has 0 saturated carbocycles. The SMILES string of the molecule is COCCNC(=O)NC(=O)CNc1cccc(OC(F)(F)F)c1. The number of anilines is 1. The first kappa shape index (κ1) is 18.6. The lowest BCUT2D eigenvalue weighted by molar-refractivity contribution is -0.274. The lowest BCUT2D eigenvalue weighted by Crippen LogP contribution is -2.42. The van der Waals surface area contributed by atoms with Gasteiger partial charge in [0.05, 0.1) is 13.2 Å². The molecule has 7 nitrogen and oxygen atoms in total. The zero-order valence-corrected chi connectivity index (χ0v) is 12.2. The van der Waals surface area contributed by atoms with Crippen LogP contribution in [-0.4, -0.2) is 45.1 Å². The fourth-order valence-corrected chi connectivity index (χ4v) is 1.47. The second-order valence-corrected chi connectivity index (χ2v) is 4.23. The van der Waals surface area contributed by atoms with Crippen LogP contribution in [0.4, 0.5) is 23.7 Å². The number of carbonyl (C=O) groups excluding carboxylic acids is 2. The molecule has 1 aromatic carbocycles. The van der Waals surface area contributed by atoms with Gasteiger partial charge in [0.15, 0.2) is 0 Å². The van der Waals surface area contributed by atoms with E-state index in [1.807, 2.05) is 5.32 Å². The van der Waals surface area contributed by atoms with Crippen LogP contribution in [0.25, 0.3) is 0 Å². The Hall–Kier alpha value is -2.49. The molecule has 0 atom stereocenters. The van der Waals surface area contributed by atoms with Crippen molar-refractivity contribution in [3.05, 3.63) is 24.3 Å². The van der Waals surface area contributed by atoms with Gasteiger partial charge in [-0.25, -0.2) is 4.79 Å². The van der Waals surface area contributed by atoms with Gasteiger partial charge in [-0.3, -0.25) is 10.1 Å². The fourth-order valence-electron chi connectivity index (χ4n) is 1.47. The first-order valence-corrected chi connectivity index (χ1v) is 6.46. The van der Waals surface area contributed by atoms with Crippen LogP contribution in [0.3, 0.4) is 0 Å². The largest absolute Gasteiger partial charge is 0.573 e. The monoisotopic (exact) mass is 335 g/mol. The van der Waals surface area contributed by atoms with Crippen molar-refractivity contribution in [3.63, 3.8) is 0 Å². The molecular formula is C13H16F3N3O4. The third kappa shape index (κ3) is 8.51. The number of amides is 3. The van der Waals surface area contributed by atoms with Crippen LogP contribution in [-0.2, 0) is 9.53 Å². The second kappa shape index (κ2) is 8.83. The average Bonchev–Trinajstić information content (AvgIpc) is 2.44. The molecule has 1 rings (SSSR count). The van der Waals surface area contributed by atoms with Crippen LogP contribution >= 0.6 is 0 Å². The van der Waals surface area contributed by atoms with Crippen molar-refractivity contribution >= 4 is 17.6 Å². The Kier molecular flexibility index (Phi) is 7.13. The molecular weight excluding hydrogens is 319 g/mol. The fraction of sp³-hybridized carbons (Fsp3) is 0.385. The number of methoxy groups -OCH3 is 1. The Morgan fingerprint density at radius 3 is 2.65 bits per heavy atom. The predicted molar refractivity (Wildman–Crippen MR) is 75.0 cm³/mol. The summed E-state index contributed by atoms with van der Waals surface area (Å²) in [5.74, 6) is -1.07. The van der Waals surface area contributed by atoms with Gasteiger partial charge in [-0.15, -0.1) is 13.2 Å². The summed E-state index contributed by atoms with van der Waals surface area (Å²) in [6.07, 6.45) is -4.80. The Morgan fingerprint density at radius 2 is 2.00 bits per heavy atom. The number of halogens is 3. The maximum atomic E-state index is 12.1. The van der Waals surface area contributed by atoms with E-state index in [0.29, 0.717) is 6.61 Å². The topological polar surface area (TPSA) is 88.7 Å². The van der Waals surface area contributed by atoms with Gasteiger partial charge >= 0.3 is 12.4 Å². The van der Waals surface area contributed by atoms with Crippen LogP contribution in [0.15, 0.2) is 24.3 Å². The summed E-state index contributed by atoms with van der Waals surface area (Å²) in [5, 5.41) is 7.00. The van der Waals surface area contributed by atoms with E-state index >= 15 is 0 Å². The lowest BCUT2D eigenvalue weighted by Gasteiger charge is -2.11. The van der Waals surface area contributed by atoms with Crippen LogP contribution < -0.4 is 20.7 Å². The molecule has 0 fully saturated rings. The van der Waals surface area contributed by atoms with Crippen LogP contribution in [0.1, 0.15) is 0 Å². The normalized spacial score (nSPS) is 10.8. The van der Waals surface area contributed by atoms with Gasteiger partial charge in [0.2, 0.25) is 5.91 Å². The minimum Gasteiger partial charge on any atom is -0.406 e. The zero-order valence-electron chi connectivity index (χ0n) is 12.2. The van der Waals surface area contributed by atoms with E-state index in [-0.39, 0.29) is 18.8 Å². The second-order valence-electron chi connectivity index (χ2n) is 4.23. The number of rotatable bonds is 7. The quantitative estimate of drug-likeness (QED) is 0.657. The molecule has 0 heterocycles. The molecule has 128 valence electrons.